The molecule has 3 nitrogen and oxygen atoms in total. The standard InChI is InChI=1S/C14H24ClNO2/c1-2-12(15)14(17)18-10-11-6-5-9-16-8-4-3-7-13(11)16/h11-13H,2-10H2,1H3/t11-,12+,13-/m1/s1. The average molecular weight is 274 g/mol. The van der Waals surface area contributed by atoms with Crippen LogP contribution in [0.2, 0.25) is 0 Å². The molecule has 0 radical (unpaired) electrons. The van der Waals surface area contributed by atoms with Crippen molar-refractivity contribution in [2.75, 3.05) is 19.7 Å². The van der Waals surface area contributed by atoms with Gasteiger partial charge in [-0.2, -0.15) is 0 Å². The lowest BCUT2D eigenvalue weighted by Gasteiger charge is -2.44. The number of carbonyl (C=O) groups is 1. The molecule has 0 N–H and O–H groups in total. The van der Waals surface area contributed by atoms with Gasteiger partial charge in [0.15, 0.2) is 0 Å². The molecule has 0 saturated carbocycles. The number of hydrogen-bond donors (Lipinski definition) is 0. The molecule has 2 aliphatic heterocycles. The van der Waals surface area contributed by atoms with E-state index >= 15 is 0 Å². The third kappa shape index (κ3) is 3.39. The van der Waals surface area contributed by atoms with E-state index in [9.17, 15) is 4.79 Å². The summed E-state index contributed by atoms with van der Waals surface area (Å²) >= 11 is 5.89. The largest absolute Gasteiger partial charge is 0.464 e. The van der Waals surface area contributed by atoms with Gasteiger partial charge in [-0.3, -0.25) is 9.69 Å². The SMILES string of the molecule is CC[C@H](Cl)C(=O)OC[C@H]1CCCN2CCCC[C@H]12. The minimum atomic E-state index is -0.476. The van der Waals surface area contributed by atoms with Crippen molar-refractivity contribution in [3.05, 3.63) is 0 Å². The lowest BCUT2D eigenvalue weighted by molar-refractivity contribution is -0.146. The Kier molecular flexibility index (Phi) is 5.31. The van der Waals surface area contributed by atoms with Crippen LogP contribution in [-0.2, 0) is 9.53 Å². The highest BCUT2D eigenvalue weighted by Gasteiger charge is 2.33. The van der Waals surface area contributed by atoms with E-state index in [4.69, 9.17) is 16.3 Å². The van der Waals surface area contributed by atoms with Crippen molar-refractivity contribution < 1.29 is 9.53 Å². The normalized spacial score (nSPS) is 30.6. The molecule has 0 aromatic heterocycles. The fraction of sp³-hybridized carbons (Fsp3) is 0.929. The summed E-state index contributed by atoms with van der Waals surface area (Å²) in [7, 11) is 0. The molecule has 0 amide bonds. The first-order valence-corrected chi connectivity index (χ1v) is 7.70. The van der Waals surface area contributed by atoms with Gasteiger partial charge in [0.25, 0.3) is 0 Å². The Morgan fingerprint density at radius 3 is 2.89 bits per heavy atom. The first-order valence-electron chi connectivity index (χ1n) is 7.27. The minimum Gasteiger partial charge on any atom is -0.464 e. The van der Waals surface area contributed by atoms with E-state index < -0.39 is 5.38 Å². The summed E-state index contributed by atoms with van der Waals surface area (Å²) in [6, 6.07) is 0.635. The van der Waals surface area contributed by atoms with Gasteiger partial charge >= 0.3 is 5.97 Å². The predicted molar refractivity (Wildman–Crippen MR) is 72.8 cm³/mol. The maximum atomic E-state index is 11.6. The zero-order valence-corrected chi connectivity index (χ0v) is 12.0. The molecule has 3 atom stereocenters. The summed E-state index contributed by atoms with van der Waals surface area (Å²) in [6.07, 6.45) is 6.96. The number of hydrogen-bond acceptors (Lipinski definition) is 3. The van der Waals surface area contributed by atoms with Crippen LogP contribution in [0.5, 0.6) is 0 Å². The number of ether oxygens (including phenoxy) is 1. The van der Waals surface area contributed by atoms with Gasteiger partial charge in [-0.15, -0.1) is 11.6 Å². The van der Waals surface area contributed by atoms with Gasteiger partial charge in [-0.05, 0) is 45.2 Å². The molecule has 4 heteroatoms. The zero-order chi connectivity index (χ0) is 13.0. The van der Waals surface area contributed by atoms with Crippen molar-refractivity contribution >= 4 is 17.6 Å². The third-order valence-electron chi connectivity index (χ3n) is 4.28. The predicted octanol–water partition coefficient (Wildman–Crippen LogP) is 2.81. The van der Waals surface area contributed by atoms with Gasteiger partial charge in [-0.1, -0.05) is 13.3 Å². The molecule has 2 fully saturated rings. The summed E-state index contributed by atoms with van der Waals surface area (Å²) in [6.45, 7) is 4.91. The highest BCUT2D eigenvalue weighted by molar-refractivity contribution is 6.29. The number of nitrogens with zero attached hydrogens (tertiary/aromatic N) is 1. The molecular formula is C14H24ClNO2. The molecule has 0 aromatic carbocycles. The number of carbonyl (C=O) groups excluding carboxylic acids is 1. The summed E-state index contributed by atoms with van der Waals surface area (Å²) in [5.41, 5.74) is 0. The first kappa shape index (κ1) is 14.1. The van der Waals surface area contributed by atoms with Gasteiger partial charge in [0.1, 0.15) is 5.38 Å². The summed E-state index contributed by atoms with van der Waals surface area (Å²) in [5, 5.41) is -0.476. The quantitative estimate of drug-likeness (QED) is 0.583. The molecule has 0 spiro atoms. The summed E-state index contributed by atoms with van der Waals surface area (Å²) in [5.74, 6) is 0.274. The maximum absolute atomic E-state index is 11.6. The van der Waals surface area contributed by atoms with Gasteiger partial charge in [-0.25, -0.2) is 0 Å². The van der Waals surface area contributed by atoms with Crippen LogP contribution in [0.1, 0.15) is 45.4 Å². The molecule has 2 rings (SSSR count). The Bertz CT molecular complexity index is 283. The van der Waals surface area contributed by atoms with Crippen LogP contribution in [0.4, 0.5) is 0 Å². The van der Waals surface area contributed by atoms with Gasteiger partial charge in [0.05, 0.1) is 6.61 Å². The lowest BCUT2D eigenvalue weighted by Crippen LogP contribution is -2.49. The van der Waals surface area contributed by atoms with E-state index in [0.29, 0.717) is 25.0 Å². The van der Waals surface area contributed by atoms with Crippen molar-refractivity contribution in [1.82, 2.24) is 4.90 Å². The number of alkyl halides is 1. The van der Waals surface area contributed by atoms with Crippen molar-refractivity contribution in [3.8, 4) is 0 Å². The molecule has 104 valence electrons. The molecule has 2 aliphatic rings. The molecule has 2 saturated heterocycles. The smallest absolute Gasteiger partial charge is 0.324 e. The summed E-state index contributed by atoms with van der Waals surface area (Å²) in [4.78, 5) is 14.2. The Morgan fingerprint density at radius 1 is 1.33 bits per heavy atom. The molecule has 0 aromatic rings. The highest BCUT2D eigenvalue weighted by atomic mass is 35.5. The van der Waals surface area contributed by atoms with E-state index in [0.717, 1.165) is 0 Å². The Labute approximate surface area is 115 Å². The van der Waals surface area contributed by atoms with E-state index in [1.807, 2.05) is 6.92 Å². The van der Waals surface area contributed by atoms with Crippen LogP contribution in [-0.4, -0.2) is 42.0 Å². The van der Waals surface area contributed by atoms with Gasteiger partial charge in [0, 0.05) is 12.0 Å². The van der Waals surface area contributed by atoms with Gasteiger partial charge < -0.3 is 4.74 Å². The second-order valence-corrected chi connectivity index (χ2v) is 6.03. The van der Waals surface area contributed by atoms with Crippen LogP contribution in [0, 0.1) is 5.92 Å². The number of rotatable bonds is 4. The molecule has 0 unspecified atom stereocenters. The average Bonchev–Trinajstić information content (AvgIpc) is 2.43. The van der Waals surface area contributed by atoms with Gasteiger partial charge in [0.2, 0.25) is 0 Å². The Hall–Kier alpha value is -0.280. The molecule has 0 aliphatic carbocycles. The second kappa shape index (κ2) is 6.76. The van der Waals surface area contributed by atoms with E-state index in [1.54, 1.807) is 0 Å². The molecule has 2 heterocycles. The fourth-order valence-corrected chi connectivity index (χ4v) is 3.28. The molecule has 0 bridgehead atoms. The monoisotopic (exact) mass is 273 g/mol. The van der Waals surface area contributed by atoms with Crippen molar-refractivity contribution in [1.29, 1.82) is 0 Å². The van der Waals surface area contributed by atoms with Crippen molar-refractivity contribution in [2.24, 2.45) is 5.92 Å². The fourth-order valence-electron chi connectivity index (χ4n) is 3.22. The number of fused-ring (bicyclic) bond motifs is 1. The Morgan fingerprint density at radius 2 is 2.11 bits per heavy atom. The topological polar surface area (TPSA) is 29.5 Å². The Balaban J connectivity index is 1.82. The van der Waals surface area contributed by atoms with Crippen LogP contribution in [0.3, 0.4) is 0 Å². The summed E-state index contributed by atoms with van der Waals surface area (Å²) < 4.78 is 5.39. The highest BCUT2D eigenvalue weighted by Crippen LogP contribution is 2.31. The van der Waals surface area contributed by atoms with Crippen molar-refractivity contribution in [2.45, 2.75) is 56.9 Å². The van der Waals surface area contributed by atoms with E-state index in [1.165, 1.54) is 45.2 Å². The number of piperidine rings is 2. The lowest BCUT2D eigenvalue weighted by atomic mass is 9.84. The van der Waals surface area contributed by atoms with Crippen LogP contribution in [0.15, 0.2) is 0 Å². The second-order valence-electron chi connectivity index (χ2n) is 5.51. The van der Waals surface area contributed by atoms with Crippen LogP contribution < -0.4 is 0 Å². The van der Waals surface area contributed by atoms with E-state index in [2.05, 4.69) is 4.90 Å². The van der Waals surface area contributed by atoms with Crippen LogP contribution >= 0.6 is 11.6 Å². The first-order chi connectivity index (χ1) is 8.72. The molecular weight excluding hydrogens is 250 g/mol. The minimum absolute atomic E-state index is 0.243. The number of halogens is 1. The van der Waals surface area contributed by atoms with E-state index in [-0.39, 0.29) is 5.97 Å². The number of esters is 1. The van der Waals surface area contributed by atoms with Crippen LogP contribution in [0.25, 0.3) is 0 Å². The van der Waals surface area contributed by atoms with Crippen molar-refractivity contribution in [3.63, 3.8) is 0 Å². The third-order valence-corrected chi connectivity index (χ3v) is 4.77. The zero-order valence-electron chi connectivity index (χ0n) is 11.2. The maximum Gasteiger partial charge on any atom is 0.324 e. The molecule has 18 heavy (non-hydrogen) atoms.